The normalized spacial score (nSPS) is 10.5. The third-order valence-corrected chi connectivity index (χ3v) is 3.27. The van der Waals surface area contributed by atoms with Crippen LogP contribution in [0.15, 0.2) is 18.2 Å². The molecule has 102 valence electrons. The fourth-order valence-electron chi connectivity index (χ4n) is 1.54. The van der Waals surface area contributed by atoms with Gasteiger partial charge in [0.1, 0.15) is 17.3 Å². The van der Waals surface area contributed by atoms with E-state index in [4.69, 9.17) is 4.74 Å². The van der Waals surface area contributed by atoms with E-state index in [1.165, 1.54) is 17.6 Å². The molecule has 0 aliphatic heterocycles. The molecule has 4 nitrogen and oxygen atoms in total. The lowest BCUT2D eigenvalue weighted by Gasteiger charge is -2.08. The second kappa shape index (κ2) is 6.47. The molecule has 0 aliphatic carbocycles. The molecule has 19 heavy (non-hydrogen) atoms. The zero-order valence-corrected chi connectivity index (χ0v) is 11.8. The van der Waals surface area contributed by atoms with Gasteiger partial charge in [0.2, 0.25) is 0 Å². The third-order valence-electron chi connectivity index (χ3n) is 2.54. The maximum Gasteiger partial charge on any atom is 0.165 e. The lowest BCUT2D eigenvalue weighted by atomic mass is 10.2. The van der Waals surface area contributed by atoms with Crippen molar-refractivity contribution in [1.29, 1.82) is 0 Å². The summed E-state index contributed by atoms with van der Waals surface area (Å²) in [5.74, 6) is -0.119. The van der Waals surface area contributed by atoms with Crippen molar-refractivity contribution in [1.82, 2.24) is 9.59 Å². The fraction of sp³-hybridized carbons (Fsp3) is 0.385. The molecule has 0 spiro atoms. The molecule has 6 heteroatoms. The molecule has 2 rings (SSSR count). The van der Waals surface area contributed by atoms with Gasteiger partial charge in [0.25, 0.3) is 0 Å². The number of aryl methyl sites for hydroxylation is 1. The number of hydrogen-bond donors (Lipinski definition) is 1. The molecule has 0 bridgehead atoms. The van der Waals surface area contributed by atoms with E-state index in [9.17, 15) is 4.39 Å². The van der Waals surface area contributed by atoms with Gasteiger partial charge in [0.05, 0.1) is 0 Å². The van der Waals surface area contributed by atoms with E-state index in [0.29, 0.717) is 5.69 Å². The van der Waals surface area contributed by atoms with Gasteiger partial charge in [0, 0.05) is 18.1 Å². The van der Waals surface area contributed by atoms with E-state index in [1.807, 2.05) is 6.92 Å². The maximum atomic E-state index is 13.5. The summed E-state index contributed by atoms with van der Waals surface area (Å²) in [7, 11) is 0. The summed E-state index contributed by atoms with van der Waals surface area (Å²) < 4.78 is 22.9. The van der Waals surface area contributed by atoms with Crippen molar-refractivity contribution in [2.45, 2.75) is 26.9 Å². The Balaban J connectivity index is 2.02. The minimum Gasteiger partial charge on any atom is -0.484 e. The van der Waals surface area contributed by atoms with Crippen molar-refractivity contribution >= 4 is 16.5 Å². The van der Waals surface area contributed by atoms with Crippen LogP contribution in [0.3, 0.4) is 0 Å². The fourth-order valence-corrected chi connectivity index (χ4v) is 2.14. The molecular formula is C13H16FN3OS. The van der Waals surface area contributed by atoms with Crippen LogP contribution in [0.2, 0.25) is 0 Å². The van der Waals surface area contributed by atoms with E-state index in [2.05, 4.69) is 21.8 Å². The Morgan fingerprint density at radius 3 is 3.05 bits per heavy atom. The number of benzene rings is 1. The first-order valence-electron chi connectivity index (χ1n) is 6.14. The molecule has 0 unspecified atom stereocenters. The molecule has 0 fully saturated rings. The zero-order chi connectivity index (χ0) is 13.7. The van der Waals surface area contributed by atoms with Crippen LogP contribution in [0.25, 0.3) is 0 Å². The van der Waals surface area contributed by atoms with Crippen LogP contribution in [0, 0.1) is 12.7 Å². The SMILES string of the molecule is CCCNc1snnc1COc1cc(C)ccc1F. The molecule has 2 aromatic rings. The molecule has 1 aromatic heterocycles. The Kier molecular flexibility index (Phi) is 4.68. The lowest BCUT2D eigenvalue weighted by molar-refractivity contribution is 0.286. The number of anilines is 1. The molecule has 0 saturated heterocycles. The Bertz CT molecular complexity index is 544. The van der Waals surface area contributed by atoms with Crippen LogP contribution in [0.1, 0.15) is 24.6 Å². The summed E-state index contributed by atoms with van der Waals surface area (Å²) in [4.78, 5) is 0. The molecule has 0 atom stereocenters. The second-order valence-electron chi connectivity index (χ2n) is 4.20. The number of nitrogens with zero attached hydrogens (tertiary/aromatic N) is 2. The number of aromatic nitrogens is 2. The van der Waals surface area contributed by atoms with Crippen LogP contribution in [-0.2, 0) is 6.61 Å². The number of nitrogens with one attached hydrogen (secondary N) is 1. The van der Waals surface area contributed by atoms with Crippen molar-refractivity contribution in [3.05, 3.63) is 35.3 Å². The van der Waals surface area contributed by atoms with Gasteiger partial charge in [-0.3, -0.25) is 0 Å². The third kappa shape index (κ3) is 3.64. The van der Waals surface area contributed by atoms with Gasteiger partial charge in [-0.15, -0.1) is 5.10 Å². The average molecular weight is 281 g/mol. The summed E-state index contributed by atoms with van der Waals surface area (Å²) in [6.07, 6.45) is 1.02. The highest BCUT2D eigenvalue weighted by atomic mass is 32.1. The first-order chi connectivity index (χ1) is 9.20. The Labute approximate surface area is 115 Å². The van der Waals surface area contributed by atoms with Crippen LogP contribution in [0.5, 0.6) is 5.75 Å². The molecule has 0 amide bonds. The number of rotatable bonds is 6. The van der Waals surface area contributed by atoms with Gasteiger partial charge >= 0.3 is 0 Å². The topological polar surface area (TPSA) is 47.0 Å². The summed E-state index contributed by atoms with van der Waals surface area (Å²) in [6.45, 7) is 5.04. The first kappa shape index (κ1) is 13.7. The van der Waals surface area contributed by atoms with Crippen molar-refractivity contribution < 1.29 is 9.13 Å². The van der Waals surface area contributed by atoms with Crippen molar-refractivity contribution in [3.8, 4) is 5.75 Å². The Morgan fingerprint density at radius 2 is 2.26 bits per heavy atom. The Morgan fingerprint density at radius 1 is 1.42 bits per heavy atom. The largest absolute Gasteiger partial charge is 0.484 e. The van der Waals surface area contributed by atoms with E-state index in [-0.39, 0.29) is 18.2 Å². The second-order valence-corrected chi connectivity index (χ2v) is 4.95. The monoisotopic (exact) mass is 281 g/mol. The smallest absolute Gasteiger partial charge is 0.165 e. The lowest BCUT2D eigenvalue weighted by Crippen LogP contribution is -2.04. The van der Waals surface area contributed by atoms with Crippen LogP contribution >= 0.6 is 11.5 Å². The highest BCUT2D eigenvalue weighted by Gasteiger charge is 2.10. The predicted molar refractivity (Wildman–Crippen MR) is 74.2 cm³/mol. The predicted octanol–water partition coefficient (Wildman–Crippen LogP) is 3.39. The van der Waals surface area contributed by atoms with E-state index in [0.717, 1.165) is 23.5 Å². The maximum absolute atomic E-state index is 13.5. The van der Waals surface area contributed by atoms with E-state index < -0.39 is 0 Å². The van der Waals surface area contributed by atoms with Crippen molar-refractivity contribution in [2.24, 2.45) is 0 Å². The van der Waals surface area contributed by atoms with Gasteiger partial charge in [-0.05, 0) is 31.0 Å². The molecule has 0 radical (unpaired) electrons. The van der Waals surface area contributed by atoms with Gasteiger partial charge in [0.15, 0.2) is 11.6 Å². The minimum atomic E-state index is -0.364. The standard InChI is InChI=1S/C13H16FN3OS/c1-3-6-15-13-11(16-17-19-13)8-18-12-7-9(2)4-5-10(12)14/h4-5,7,15H,3,6,8H2,1-2H3. The molecule has 1 heterocycles. The molecule has 1 aromatic carbocycles. The highest BCUT2D eigenvalue weighted by molar-refractivity contribution is 7.10. The molecule has 1 N–H and O–H groups in total. The molecule has 0 saturated carbocycles. The number of ether oxygens (including phenoxy) is 1. The zero-order valence-electron chi connectivity index (χ0n) is 10.9. The molecular weight excluding hydrogens is 265 g/mol. The van der Waals surface area contributed by atoms with Crippen LogP contribution < -0.4 is 10.1 Å². The van der Waals surface area contributed by atoms with Crippen molar-refractivity contribution in [3.63, 3.8) is 0 Å². The quantitative estimate of drug-likeness (QED) is 0.881. The summed E-state index contributed by atoms with van der Waals surface area (Å²) in [6, 6.07) is 4.79. The van der Waals surface area contributed by atoms with Crippen molar-refractivity contribution in [2.75, 3.05) is 11.9 Å². The van der Waals surface area contributed by atoms with E-state index in [1.54, 1.807) is 12.1 Å². The van der Waals surface area contributed by atoms with Gasteiger partial charge in [-0.1, -0.05) is 17.5 Å². The number of hydrogen-bond acceptors (Lipinski definition) is 5. The van der Waals surface area contributed by atoms with Crippen LogP contribution in [0.4, 0.5) is 9.39 Å². The average Bonchev–Trinajstić information content (AvgIpc) is 2.85. The summed E-state index contributed by atoms with van der Waals surface area (Å²) in [5.41, 5.74) is 1.66. The van der Waals surface area contributed by atoms with E-state index >= 15 is 0 Å². The van der Waals surface area contributed by atoms with Gasteiger partial charge < -0.3 is 10.1 Å². The number of halogens is 1. The highest BCUT2D eigenvalue weighted by Crippen LogP contribution is 2.22. The molecule has 0 aliphatic rings. The summed E-state index contributed by atoms with van der Waals surface area (Å²) >= 11 is 1.29. The Hall–Kier alpha value is -1.69. The minimum absolute atomic E-state index is 0.211. The van der Waals surface area contributed by atoms with Gasteiger partial charge in [-0.2, -0.15) is 0 Å². The first-order valence-corrected chi connectivity index (χ1v) is 6.92. The summed E-state index contributed by atoms with van der Waals surface area (Å²) in [5, 5.41) is 8.10. The van der Waals surface area contributed by atoms with Crippen LogP contribution in [-0.4, -0.2) is 16.1 Å². The van der Waals surface area contributed by atoms with Gasteiger partial charge in [-0.25, -0.2) is 4.39 Å².